The highest BCUT2D eigenvalue weighted by molar-refractivity contribution is 5.57. The van der Waals surface area contributed by atoms with Gasteiger partial charge in [0.05, 0.1) is 0 Å². The van der Waals surface area contributed by atoms with Crippen LogP contribution in [0.3, 0.4) is 0 Å². The molecule has 0 aliphatic heterocycles. The fourth-order valence-corrected chi connectivity index (χ4v) is 2.68. The second-order valence-corrected chi connectivity index (χ2v) is 6.90. The molecule has 0 heterocycles. The van der Waals surface area contributed by atoms with Crippen molar-refractivity contribution in [2.45, 2.75) is 66.7 Å². The molecule has 1 atom stereocenters. The Morgan fingerprint density at radius 1 is 1.20 bits per heavy atom. The molecular formula is C14H26O. The van der Waals surface area contributed by atoms with Crippen LogP contribution in [0.15, 0.2) is 0 Å². The molecule has 0 aromatic carbocycles. The number of carbonyl (C=O) groups excluding carboxylic acids is 1. The highest BCUT2D eigenvalue weighted by atomic mass is 16.1. The third-order valence-corrected chi connectivity index (χ3v) is 4.80. The Kier molecular flexibility index (Phi) is 3.33. The van der Waals surface area contributed by atoms with E-state index in [4.69, 9.17) is 0 Å². The summed E-state index contributed by atoms with van der Waals surface area (Å²) in [6.45, 7) is 11.3. The third-order valence-electron chi connectivity index (χ3n) is 4.80. The van der Waals surface area contributed by atoms with Crippen molar-refractivity contribution < 1.29 is 4.79 Å². The average molecular weight is 210 g/mol. The molecule has 15 heavy (non-hydrogen) atoms. The van der Waals surface area contributed by atoms with Crippen LogP contribution in [0.5, 0.6) is 0 Å². The van der Waals surface area contributed by atoms with E-state index in [-0.39, 0.29) is 5.41 Å². The van der Waals surface area contributed by atoms with Gasteiger partial charge in [-0.05, 0) is 36.5 Å². The maximum atomic E-state index is 10.9. The number of aldehydes is 1. The van der Waals surface area contributed by atoms with Gasteiger partial charge in [0.1, 0.15) is 6.29 Å². The first-order chi connectivity index (χ1) is 6.72. The van der Waals surface area contributed by atoms with Crippen LogP contribution in [0.1, 0.15) is 66.7 Å². The number of rotatable bonds is 4. The van der Waals surface area contributed by atoms with E-state index in [0.29, 0.717) is 10.8 Å². The first-order valence-electron chi connectivity index (χ1n) is 6.19. The summed E-state index contributed by atoms with van der Waals surface area (Å²) in [6.07, 6.45) is 7.34. The summed E-state index contributed by atoms with van der Waals surface area (Å²) in [4.78, 5) is 10.9. The number of carbonyl (C=O) groups is 1. The Morgan fingerprint density at radius 3 is 2.20 bits per heavy atom. The van der Waals surface area contributed by atoms with E-state index < -0.39 is 0 Å². The SMILES string of the molecule is CC(C)(C=O)CCC1(C)CCCC1(C)C. The summed E-state index contributed by atoms with van der Waals surface area (Å²) < 4.78 is 0. The van der Waals surface area contributed by atoms with E-state index in [9.17, 15) is 4.79 Å². The number of hydrogen-bond donors (Lipinski definition) is 0. The smallest absolute Gasteiger partial charge is 0.125 e. The van der Waals surface area contributed by atoms with Gasteiger partial charge in [0.2, 0.25) is 0 Å². The Hall–Kier alpha value is -0.330. The normalized spacial score (nSPS) is 30.5. The fraction of sp³-hybridized carbons (Fsp3) is 0.929. The third kappa shape index (κ3) is 2.62. The van der Waals surface area contributed by atoms with Gasteiger partial charge < -0.3 is 4.79 Å². The molecule has 1 fully saturated rings. The second-order valence-electron chi connectivity index (χ2n) is 6.90. The van der Waals surface area contributed by atoms with Crippen LogP contribution in [0.2, 0.25) is 0 Å². The van der Waals surface area contributed by atoms with E-state index in [2.05, 4.69) is 20.8 Å². The molecule has 1 saturated carbocycles. The molecule has 1 unspecified atom stereocenters. The molecule has 1 heteroatoms. The van der Waals surface area contributed by atoms with Crippen LogP contribution in [-0.4, -0.2) is 6.29 Å². The summed E-state index contributed by atoms with van der Waals surface area (Å²) >= 11 is 0. The summed E-state index contributed by atoms with van der Waals surface area (Å²) in [5, 5.41) is 0. The molecule has 0 amide bonds. The molecule has 0 radical (unpaired) electrons. The molecule has 0 bridgehead atoms. The van der Waals surface area contributed by atoms with Gasteiger partial charge in [-0.15, -0.1) is 0 Å². The Bertz CT molecular complexity index is 240. The monoisotopic (exact) mass is 210 g/mol. The van der Waals surface area contributed by atoms with Gasteiger partial charge in [-0.3, -0.25) is 0 Å². The van der Waals surface area contributed by atoms with Crippen LogP contribution in [-0.2, 0) is 4.79 Å². The maximum absolute atomic E-state index is 10.9. The van der Waals surface area contributed by atoms with E-state index in [0.717, 1.165) is 12.7 Å². The zero-order valence-corrected chi connectivity index (χ0v) is 11.0. The first kappa shape index (κ1) is 12.7. The van der Waals surface area contributed by atoms with Crippen molar-refractivity contribution in [2.24, 2.45) is 16.2 Å². The number of hydrogen-bond acceptors (Lipinski definition) is 1. The molecule has 0 aromatic heterocycles. The van der Waals surface area contributed by atoms with Crippen LogP contribution >= 0.6 is 0 Å². The van der Waals surface area contributed by atoms with Gasteiger partial charge in [-0.1, -0.05) is 41.0 Å². The lowest BCUT2D eigenvalue weighted by Crippen LogP contribution is -2.31. The Labute approximate surface area is 94.6 Å². The molecule has 1 nitrogen and oxygen atoms in total. The Balaban J connectivity index is 2.61. The summed E-state index contributed by atoms with van der Waals surface area (Å²) in [5.41, 5.74) is 0.751. The summed E-state index contributed by atoms with van der Waals surface area (Å²) in [5.74, 6) is 0. The Morgan fingerprint density at radius 2 is 1.80 bits per heavy atom. The van der Waals surface area contributed by atoms with Gasteiger partial charge in [0.15, 0.2) is 0 Å². The zero-order valence-electron chi connectivity index (χ0n) is 11.0. The minimum atomic E-state index is -0.137. The maximum Gasteiger partial charge on any atom is 0.125 e. The van der Waals surface area contributed by atoms with Gasteiger partial charge >= 0.3 is 0 Å². The van der Waals surface area contributed by atoms with Gasteiger partial charge in [0.25, 0.3) is 0 Å². The molecule has 1 aliphatic rings. The molecule has 0 spiro atoms. The van der Waals surface area contributed by atoms with Crippen molar-refractivity contribution in [1.29, 1.82) is 0 Å². The van der Waals surface area contributed by atoms with Crippen LogP contribution in [0, 0.1) is 16.2 Å². The highest BCUT2D eigenvalue weighted by Crippen LogP contribution is 2.55. The molecule has 1 aliphatic carbocycles. The molecule has 0 N–H and O–H groups in total. The van der Waals surface area contributed by atoms with Crippen LogP contribution in [0.25, 0.3) is 0 Å². The molecule has 1 rings (SSSR count). The largest absolute Gasteiger partial charge is 0.303 e. The lowest BCUT2D eigenvalue weighted by molar-refractivity contribution is -0.115. The van der Waals surface area contributed by atoms with E-state index in [1.54, 1.807) is 0 Å². The predicted molar refractivity (Wildman–Crippen MR) is 64.8 cm³/mol. The van der Waals surface area contributed by atoms with Gasteiger partial charge in [-0.2, -0.15) is 0 Å². The zero-order chi connectivity index (χ0) is 11.7. The van der Waals surface area contributed by atoms with E-state index in [1.807, 2.05) is 13.8 Å². The van der Waals surface area contributed by atoms with E-state index >= 15 is 0 Å². The van der Waals surface area contributed by atoms with Crippen molar-refractivity contribution >= 4 is 6.29 Å². The first-order valence-corrected chi connectivity index (χ1v) is 6.19. The molecule has 0 saturated heterocycles. The van der Waals surface area contributed by atoms with Crippen LogP contribution in [0.4, 0.5) is 0 Å². The predicted octanol–water partition coefficient (Wildman–Crippen LogP) is 4.21. The van der Waals surface area contributed by atoms with Crippen molar-refractivity contribution in [3.8, 4) is 0 Å². The van der Waals surface area contributed by atoms with Crippen molar-refractivity contribution in [3.63, 3.8) is 0 Å². The average Bonchev–Trinajstić information content (AvgIpc) is 2.40. The fourth-order valence-electron chi connectivity index (χ4n) is 2.68. The van der Waals surface area contributed by atoms with Crippen molar-refractivity contribution in [1.82, 2.24) is 0 Å². The lowest BCUT2D eigenvalue weighted by atomic mass is 9.65. The molecule has 88 valence electrons. The lowest BCUT2D eigenvalue weighted by Gasteiger charge is -2.40. The van der Waals surface area contributed by atoms with Gasteiger partial charge in [-0.25, -0.2) is 0 Å². The second kappa shape index (κ2) is 3.92. The van der Waals surface area contributed by atoms with Crippen LogP contribution < -0.4 is 0 Å². The van der Waals surface area contributed by atoms with Gasteiger partial charge in [0, 0.05) is 5.41 Å². The quantitative estimate of drug-likeness (QED) is 0.635. The van der Waals surface area contributed by atoms with Crippen molar-refractivity contribution in [2.75, 3.05) is 0 Å². The molecule has 0 aromatic rings. The van der Waals surface area contributed by atoms with Crippen molar-refractivity contribution in [3.05, 3.63) is 0 Å². The highest BCUT2D eigenvalue weighted by Gasteiger charge is 2.44. The topological polar surface area (TPSA) is 17.1 Å². The standard InChI is InChI=1S/C14H26O/c1-12(2,11-15)9-10-14(5)8-6-7-13(14,3)4/h11H,6-10H2,1-5H3. The van der Waals surface area contributed by atoms with E-state index in [1.165, 1.54) is 25.7 Å². The molecular weight excluding hydrogens is 184 g/mol. The minimum absolute atomic E-state index is 0.137. The summed E-state index contributed by atoms with van der Waals surface area (Å²) in [7, 11) is 0. The minimum Gasteiger partial charge on any atom is -0.303 e. The summed E-state index contributed by atoms with van der Waals surface area (Å²) in [6, 6.07) is 0.